The van der Waals surface area contributed by atoms with Crippen LogP contribution in [0.3, 0.4) is 0 Å². The second-order valence-corrected chi connectivity index (χ2v) is 8.44. The van der Waals surface area contributed by atoms with Gasteiger partial charge in [-0.3, -0.25) is 0 Å². The molecule has 2 aromatic rings. The quantitative estimate of drug-likeness (QED) is 0.628. The second-order valence-electron chi connectivity index (χ2n) is 8.44. The summed E-state index contributed by atoms with van der Waals surface area (Å²) in [5.74, 6) is 1.94. The van der Waals surface area contributed by atoms with Crippen LogP contribution in [-0.4, -0.2) is 35.6 Å². The van der Waals surface area contributed by atoms with E-state index in [1.54, 1.807) is 6.92 Å². The lowest BCUT2D eigenvalue weighted by Crippen LogP contribution is -2.21. The molecule has 0 saturated heterocycles. The van der Waals surface area contributed by atoms with Gasteiger partial charge in [0.25, 0.3) is 0 Å². The first-order valence-electron chi connectivity index (χ1n) is 10.0. The monoisotopic (exact) mass is 386 g/mol. The highest BCUT2D eigenvalue weighted by molar-refractivity contribution is 5.43. The summed E-state index contributed by atoms with van der Waals surface area (Å²) in [6.07, 6.45) is -0.235. The Bertz CT molecular complexity index is 737. The summed E-state index contributed by atoms with van der Waals surface area (Å²) in [5.41, 5.74) is 1.99. The van der Waals surface area contributed by atoms with Crippen LogP contribution in [0.5, 0.6) is 11.5 Å². The van der Waals surface area contributed by atoms with E-state index in [0.717, 1.165) is 29.0 Å². The van der Waals surface area contributed by atoms with Crippen LogP contribution in [0.15, 0.2) is 48.5 Å². The number of ether oxygens (including phenoxy) is 2. The summed E-state index contributed by atoms with van der Waals surface area (Å²) in [7, 11) is 0. The average molecular weight is 387 g/mol. The molecule has 4 nitrogen and oxygen atoms in total. The molecule has 0 fully saturated rings. The van der Waals surface area contributed by atoms with E-state index in [9.17, 15) is 10.2 Å². The smallest absolute Gasteiger partial charge is 0.119 e. The predicted molar refractivity (Wildman–Crippen MR) is 113 cm³/mol. The molecule has 0 aliphatic carbocycles. The first kappa shape index (κ1) is 22.3. The lowest BCUT2D eigenvalue weighted by atomic mass is 9.78. The molecule has 0 radical (unpaired) electrons. The van der Waals surface area contributed by atoms with Crippen molar-refractivity contribution in [3.05, 3.63) is 59.7 Å². The van der Waals surface area contributed by atoms with Crippen molar-refractivity contribution >= 4 is 0 Å². The first-order chi connectivity index (χ1) is 13.2. The van der Waals surface area contributed by atoms with E-state index in [1.165, 1.54) is 0 Å². The largest absolute Gasteiger partial charge is 0.491 e. The summed E-state index contributed by atoms with van der Waals surface area (Å²) in [6.45, 7) is 10.8. The van der Waals surface area contributed by atoms with Gasteiger partial charge in [0.2, 0.25) is 0 Å². The van der Waals surface area contributed by atoms with Gasteiger partial charge in [0.05, 0.1) is 12.2 Å². The Balaban J connectivity index is 2.14. The fourth-order valence-electron chi connectivity index (χ4n) is 3.14. The van der Waals surface area contributed by atoms with Gasteiger partial charge >= 0.3 is 0 Å². The third-order valence-electron chi connectivity index (χ3n) is 4.79. The first-order valence-corrected chi connectivity index (χ1v) is 10.0. The zero-order valence-electron chi connectivity index (χ0n) is 17.7. The van der Waals surface area contributed by atoms with Gasteiger partial charge < -0.3 is 19.7 Å². The highest BCUT2D eigenvalue weighted by Crippen LogP contribution is 2.34. The molecule has 0 saturated carbocycles. The van der Waals surface area contributed by atoms with E-state index in [0.29, 0.717) is 12.5 Å². The molecule has 2 atom stereocenters. The molecule has 2 rings (SSSR count). The van der Waals surface area contributed by atoms with Crippen LogP contribution in [0.2, 0.25) is 0 Å². The molecule has 2 aromatic carbocycles. The topological polar surface area (TPSA) is 58.9 Å². The van der Waals surface area contributed by atoms with Gasteiger partial charge in [-0.1, -0.05) is 52.0 Å². The van der Waals surface area contributed by atoms with E-state index in [-0.39, 0.29) is 12.0 Å². The number of hydrogen-bond donors (Lipinski definition) is 2. The molecular weight excluding hydrogens is 352 g/mol. The summed E-state index contributed by atoms with van der Waals surface area (Å²) in [6, 6.07) is 16.0. The van der Waals surface area contributed by atoms with Crippen molar-refractivity contribution in [2.45, 2.75) is 58.7 Å². The zero-order valence-corrected chi connectivity index (χ0v) is 17.7. The molecule has 28 heavy (non-hydrogen) atoms. The Kier molecular flexibility index (Phi) is 7.90. The fourth-order valence-corrected chi connectivity index (χ4v) is 3.14. The summed E-state index contributed by atoms with van der Waals surface area (Å²) in [4.78, 5) is 0. The van der Waals surface area contributed by atoms with Crippen LogP contribution in [-0.2, 0) is 5.41 Å². The summed E-state index contributed by atoms with van der Waals surface area (Å²) in [5, 5.41) is 19.5. The third-order valence-corrected chi connectivity index (χ3v) is 4.79. The Morgan fingerprint density at radius 2 is 1.32 bits per heavy atom. The number of benzene rings is 2. The van der Waals surface area contributed by atoms with Crippen LogP contribution in [0.1, 0.15) is 52.2 Å². The highest BCUT2D eigenvalue weighted by atomic mass is 16.5. The van der Waals surface area contributed by atoms with E-state index in [4.69, 9.17) is 9.47 Å². The summed E-state index contributed by atoms with van der Waals surface area (Å²) < 4.78 is 11.5. The van der Waals surface area contributed by atoms with Crippen LogP contribution in [0, 0.1) is 5.92 Å². The number of rotatable bonds is 10. The zero-order chi connectivity index (χ0) is 20.7. The van der Waals surface area contributed by atoms with Gasteiger partial charge in [-0.15, -0.1) is 0 Å². The molecule has 154 valence electrons. The van der Waals surface area contributed by atoms with E-state index in [1.807, 2.05) is 36.4 Å². The number of hydrogen-bond acceptors (Lipinski definition) is 4. The van der Waals surface area contributed by atoms with Crippen molar-refractivity contribution in [2.75, 3.05) is 13.2 Å². The van der Waals surface area contributed by atoms with Gasteiger partial charge in [-0.05, 0) is 54.7 Å². The van der Waals surface area contributed by atoms with Gasteiger partial charge in [-0.2, -0.15) is 0 Å². The molecule has 0 amide bonds. The van der Waals surface area contributed by atoms with Crippen LogP contribution < -0.4 is 9.47 Å². The molecule has 0 aliphatic rings. The standard InChI is InChI=1S/C24H34O4/c1-17(2)12-21(26)16-28-23-11-7-9-20(14-23)24(4,5)19-8-6-10-22(13-19)27-15-18(3)25/h6-11,13-14,17-18,21,25-26H,12,15-16H2,1-5H3. The molecule has 2 unspecified atom stereocenters. The van der Waals surface area contributed by atoms with E-state index >= 15 is 0 Å². The maximum atomic E-state index is 10.1. The Labute approximate surface area is 169 Å². The maximum absolute atomic E-state index is 10.1. The maximum Gasteiger partial charge on any atom is 0.119 e. The molecule has 0 aliphatic heterocycles. The Morgan fingerprint density at radius 3 is 1.79 bits per heavy atom. The lowest BCUT2D eigenvalue weighted by Gasteiger charge is -2.27. The van der Waals surface area contributed by atoms with E-state index in [2.05, 4.69) is 39.8 Å². The van der Waals surface area contributed by atoms with Gasteiger partial charge in [0.1, 0.15) is 24.7 Å². The minimum Gasteiger partial charge on any atom is -0.491 e. The van der Waals surface area contributed by atoms with Crippen molar-refractivity contribution in [2.24, 2.45) is 5.92 Å². The van der Waals surface area contributed by atoms with Crippen molar-refractivity contribution in [1.29, 1.82) is 0 Å². The second kappa shape index (κ2) is 9.94. The van der Waals surface area contributed by atoms with Crippen molar-refractivity contribution in [1.82, 2.24) is 0 Å². The third kappa shape index (κ3) is 6.54. The summed E-state index contributed by atoms with van der Waals surface area (Å²) >= 11 is 0. The van der Waals surface area contributed by atoms with Crippen LogP contribution >= 0.6 is 0 Å². The van der Waals surface area contributed by atoms with Gasteiger partial charge in [0.15, 0.2) is 0 Å². The SMILES string of the molecule is CC(C)CC(O)COc1cccc(C(C)(C)c2cccc(OCC(C)O)c2)c1. The Morgan fingerprint density at radius 1 is 0.821 bits per heavy atom. The highest BCUT2D eigenvalue weighted by Gasteiger charge is 2.24. The Hall–Kier alpha value is -2.04. The minimum absolute atomic E-state index is 0.250. The normalized spacial score (nSPS) is 14.0. The molecule has 0 heterocycles. The van der Waals surface area contributed by atoms with E-state index < -0.39 is 12.2 Å². The van der Waals surface area contributed by atoms with Gasteiger partial charge in [-0.25, -0.2) is 0 Å². The molecule has 0 spiro atoms. The molecule has 0 bridgehead atoms. The number of aliphatic hydroxyl groups excluding tert-OH is 2. The molecular formula is C24H34O4. The molecule has 4 heteroatoms. The number of aliphatic hydroxyl groups is 2. The predicted octanol–water partition coefficient (Wildman–Crippen LogP) is 4.56. The molecule has 0 aromatic heterocycles. The van der Waals surface area contributed by atoms with Crippen molar-refractivity contribution in [3.63, 3.8) is 0 Å². The van der Waals surface area contributed by atoms with Crippen LogP contribution in [0.4, 0.5) is 0 Å². The van der Waals surface area contributed by atoms with Gasteiger partial charge in [0, 0.05) is 5.41 Å². The van der Waals surface area contributed by atoms with Crippen LogP contribution in [0.25, 0.3) is 0 Å². The van der Waals surface area contributed by atoms with Crippen molar-refractivity contribution in [3.8, 4) is 11.5 Å². The average Bonchev–Trinajstić information content (AvgIpc) is 2.64. The minimum atomic E-state index is -0.503. The fraction of sp³-hybridized carbons (Fsp3) is 0.500. The van der Waals surface area contributed by atoms with Crippen molar-refractivity contribution < 1.29 is 19.7 Å². The lowest BCUT2D eigenvalue weighted by molar-refractivity contribution is 0.0892. The molecule has 2 N–H and O–H groups in total.